The van der Waals surface area contributed by atoms with Crippen LogP contribution >= 0.6 is 0 Å². The third kappa shape index (κ3) is 4.52. The molecule has 3 N–H and O–H groups in total. The average molecular weight is 425 g/mol. The van der Waals surface area contributed by atoms with Gasteiger partial charge in [0.05, 0.1) is 11.3 Å². The van der Waals surface area contributed by atoms with Gasteiger partial charge in [0.2, 0.25) is 0 Å². The Morgan fingerprint density at radius 2 is 1.87 bits per heavy atom. The van der Waals surface area contributed by atoms with E-state index in [9.17, 15) is 18.8 Å². The zero-order valence-corrected chi connectivity index (χ0v) is 17.2. The van der Waals surface area contributed by atoms with Gasteiger partial charge in [-0.2, -0.15) is 5.26 Å². The number of nitriles is 1. The van der Waals surface area contributed by atoms with Gasteiger partial charge < -0.3 is 16.0 Å². The number of hydrogen-bond acceptors (Lipinski definition) is 5. The summed E-state index contributed by atoms with van der Waals surface area (Å²) >= 11 is 0. The van der Waals surface area contributed by atoms with Crippen LogP contribution in [-0.2, 0) is 0 Å². The Labute approximate surface area is 180 Å². The summed E-state index contributed by atoms with van der Waals surface area (Å²) in [6, 6.07) is 5.09. The van der Waals surface area contributed by atoms with E-state index in [1.54, 1.807) is 0 Å². The molecule has 6 nitrogen and oxygen atoms in total. The number of aromatic nitrogens is 1. The first kappa shape index (κ1) is 21.2. The summed E-state index contributed by atoms with van der Waals surface area (Å²) in [5.74, 6) is -1.82. The lowest BCUT2D eigenvalue weighted by atomic mass is 9.94. The van der Waals surface area contributed by atoms with Crippen LogP contribution in [0.2, 0.25) is 0 Å². The summed E-state index contributed by atoms with van der Waals surface area (Å²) in [4.78, 5) is 19.3. The van der Waals surface area contributed by atoms with Gasteiger partial charge >= 0.3 is 0 Å². The molecule has 0 radical (unpaired) electrons. The van der Waals surface area contributed by atoms with Crippen LogP contribution in [0, 0.1) is 23.0 Å². The lowest BCUT2D eigenvalue weighted by Crippen LogP contribution is -2.37. The van der Waals surface area contributed by atoms with Crippen molar-refractivity contribution in [3.63, 3.8) is 0 Å². The van der Waals surface area contributed by atoms with Crippen LogP contribution in [0.15, 0.2) is 24.4 Å². The number of pyridine rings is 1. The number of hydrogen-bond donors (Lipinski definition) is 2. The summed E-state index contributed by atoms with van der Waals surface area (Å²) < 4.78 is 28.1. The van der Waals surface area contributed by atoms with Gasteiger partial charge in [-0.05, 0) is 37.0 Å². The molecular weight excluding hydrogens is 400 g/mol. The fourth-order valence-electron chi connectivity index (χ4n) is 4.55. The van der Waals surface area contributed by atoms with Crippen molar-refractivity contribution in [1.29, 1.82) is 5.26 Å². The average Bonchev–Trinajstić information content (AvgIpc) is 3.18. The Kier molecular flexibility index (Phi) is 6.14. The molecule has 1 saturated heterocycles. The number of carbonyl (C=O) groups is 1. The molecule has 8 heteroatoms. The predicted molar refractivity (Wildman–Crippen MR) is 113 cm³/mol. The highest BCUT2D eigenvalue weighted by Crippen LogP contribution is 2.38. The van der Waals surface area contributed by atoms with E-state index in [-0.39, 0.29) is 34.8 Å². The van der Waals surface area contributed by atoms with Gasteiger partial charge in [-0.15, -0.1) is 0 Å². The molecule has 1 amide bonds. The Morgan fingerprint density at radius 1 is 1.16 bits per heavy atom. The maximum Gasteiger partial charge on any atom is 0.255 e. The molecular formula is C23H25F2N5O. The van der Waals surface area contributed by atoms with Gasteiger partial charge in [-0.1, -0.05) is 19.3 Å². The first-order valence-corrected chi connectivity index (χ1v) is 10.7. The second-order valence-electron chi connectivity index (χ2n) is 8.32. The molecule has 1 aliphatic heterocycles. The van der Waals surface area contributed by atoms with Gasteiger partial charge in [0.1, 0.15) is 23.4 Å². The van der Waals surface area contributed by atoms with Crippen LogP contribution in [0.4, 0.5) is 14.5 Å². The van der Waals surface area contributed by atoms with Crippen molar-refractivity contribution in [2.24, 2.45) is 5.73 Å². The summed E-state index contributed by atoms with van der Waals surface area (Å²) in [5, 5.41) is 12.8. The maximum atomic E-state index is 14.0. The molecule has 2 heterocycles. The van der Waals surface area contributed by atoms with E-state index >= 15 is 0 Å². The fraction of sp³-hybridized carbons (Fsp3) is 0.435. The van der Waals surface area contributed by atoms with E-state index in [4.69, 9.17) is 5.73 Å². The minimum atomic E-state index is -0.764. The summed E-state index contributed by atoms with van der Waals surface area (Å²) in [6.45, 7) is 1.05. The normalized spacial score (nSPS) is 19.3. The highest BCUT2D eigenvalue weighted by atomic mass is 19.1. The van der Waals surface area contributed by atoms with Crippen molar-refractivity contribution >= 4 is 11.6 Å². The van der Waals surface area contributed by atoms with E-state index in [1.165, 1.54) is 6.20 Å². The van der Waals surface area contributed by atoms with Gasteiger partial charge in [0.25, 0.3) is 5.91 Å². The largest absolute Gasteiger partial charge is 0.369 e. The van der Waals surface area contributed by atoms with Gasteiger partial charge in [-0.3, -0.25) is 4.79 Å². The molecule has 162 valence electrons. The van der Waals surface area contributed by atoms with E-state index in [2.05, 4.69) is 10.3 Å². The molecule has 1 aromatic carbocycles. The number of nitrogens with two attached hydrogens (primary N) is 1. The lowest BCUT2D eigenvalue weighted by Gasteiger charge is -2.27. The summed E-state index contributed by atoms with van der Waals surface area (Å²) in [5.41, 5.74) is 7.28. The Morgan fingerprint density at radius 3 is 2.48 bits per heavy atom. The van der Waals surface area contributed by atoms with Crippen molar-refractivity contribution in [2.75, 3.05) is 18.0 Å². The molecule has 1 aliphatic carbocycles. The standard InChI is InChI=1S/C23H25F2N5O/c24-15-8-14(9-16(25)10-15)21-20(11-26)28-12-19(22(21)30-7-6-17(27)13-30)23(31)29-18-4-2-1-3-5-18/h8-10,12,17-18H,1-7,13,27H2,(H,29,31)/t17-/m0/s1. The Balaban J connectivity index is 1.85. The van der Waals surface area contributed by atoms with Gasteiger partial charge in [0, 0.05) is 43.0 Å². The zero-order chi connectivity index (χ0) is 22.0. The number of nitrogens with one attached hydrogen (secondary N) is 1. The van der Waals surface area contributed by atoms with E-state index in [1.807, 2.05) is 11.0 Å². The monoisotopic (exact) mass is 425 g/mol. The lowest BCUT2D eigenvalue weighted by molar-refractivity contribution is 0.0928. The molecule has 1 saturated carbocycles. The van der Waals surface area contributed by atoms with Crippen LogP contribution < -0.4 is 16.0 Å². The van der Waals surface area contributed by atoms with Crippen molar-refractivity contribution in [3.05, 3.63) is 47.3 Å². The second-order valence-corrected chi connectivity index (χ2v) is 8.32. The molecule has 2 aliphatic rings. The second kappa shape index (κ2) is 8.98. The number of carbonyl (C=O) groups excluding carboxylic acids is 1. The quantitative estimate of drug-likeness (QED) is 0.782. The summed E-state index contributed by atoms with van der Waals surface area (Å²) in [7, 11) is 0. The molecule has 1 atom stereocenters. The number of rotatable bonds is 4. The highest BCUT2D eigenvalue weighted by molar-refractivity contribution is 6.04. The number of halogens is 2. The zero-order valence-electron chi connectivity index (χ0n) is 17.2. The van der Waals surface area contributed by atoms with Gasteiger partial charge in [-0.25, -0.2) is 13.8 Å². The van der Waals surface area contributed by atoms with Crippen molar-refractivity contribution in [1.82, 2.24) is 10.3 Å². The Bertz CT molecular complexity index is 1010. The molecule has 0 bridgehead atoms. The number of nitrogens with zero attached hydrogens (tertiary/aromatic N) is 3. The smallest absolute Gasteiger partial charge is 0.255 e. The number of amides is 1. The molecule has 0 spiro atoms. The molecule has 1 aromatic heterocycles. The third-order valence-corrected chi connectivity index (χ3v) is 6.03. The first-order chi connectivity index (χ1) is 15.0. The van der Waals surface area contributed by atoms with Crippen molar-refractivity contribution in [2.45, 2.75) is 50.6 Å². The van der Waals surface area contributed by atoms with E-state index < -0.39 is 11.6 Å². The molecule has 31 heavy (non-hydrogen) atoms. The minimum absolute atomic E-state index is 0.00897. The Hall–Kier alpha value is -3.05. The maximum absolute atomic E-state index is 14.0. The first-order valence-electron chi connectivity index (χ1n) is 10.7. The molecule has 2 fully saturated rings. The van der Waals surface area contributed by atoms with Crippen LogP contribution in [0.3, 0.4) is 0 Å². The topological polar surface area (TPSA) is 95.0 Å². The molecule has 0 unspecified atom stereocenters. The van der Waals surface area contributed by atoms with Crippen LogP contribution in [0.1, 0.15) is 54.6 Å². The third-order valence-electron chi connectivity index (χ3n) is 6.03. The van der Waals surface area contributed by atoms with Crippen molar-refractivity contribution < 1.29 is 13.6 Å². The summed E-state index contributed by atoms with van der Waals surface area (Å²) in [6.07, 6.45) is 7.23. The number of anilines is 1. The number of benzene rings is 1. The van der Waals surface area contributed by atoms with Crippen molar-refractivity contribution in [3.8, 4) is 17.2 Å². The molecule has 4 rings (SSSR count). The SMILES string of the molecule is N#Cc1ncc(C(=O)NC2CCCCC2)c(N2CC[C@H](N)C2)c1-c1cc(F)cc(F)c1. The highest BCUT2D eigenvalue weighted by Gasteiger charge is 2.30. The van der Waals surface area contributed by atoms with Crippen LogP contribution in [0.5, 0.6) is 0 Å². The van der Waals surface area contributed by atoms with Gasteiger partial charge in [0.15, 0.2) is 0 Å². The predicted octanol–water partition coefficient (Wildman–Crippen LogP) is 3.50. The molecule has 2 aromatic rings. The fourth-order valence-corrected chi connectivity index (χ4v) is 4.55. The minimum Gasteiger partial charge on any atom is -0.369 e. The van der Waals surface area contributed by atoms with E-state index in [0.717, 1.165) is 50.3 Å². The van der Waals surface area contributed by atoms with E-state index in [0.29, 0.717) is 30.8 Å². The van der Waals surface area contributed by atoms with Crippen LogP contribution in [0.25, 0.3) is 11.1 Å². The van der Waals surface area contributed by atoms with Crippen LogP contribution in [-0.4, -0.2) is 36.1 Å².